The van der Waals surface area contributed by atoms with Crippen LogP contribution in [-0.4, -0.2) is 53.6 Å². The Hall–Kier alpha value is -1.89. The maximum Gasteiger partial charge on any atom is 0.410 e. The number of benzene rings is 1. The van der Waals surface area contributed by atoms with Crippen LogP contribution in [0, 0.1) is 11.6 Å². The Balaban J connectivity index is 2.01. The van der Waals surface area contributed by atoms with Gasteiger partial charge in [-0.25, -0.2) is 13.6 Å². The van der Waals surface area contributed by atoms with Gasteiger partial charge in [-0.05, 0) is 32.9 Å². The summed E-state index contributed by atoms with van der Waals surface area (Å²) >= 11 is 5.83. The zero-order chi connectivity index (χ0) is 18.1. The smallest absolute Gasteiger partial charge is 0.410 e. The van der Waals surface area contributed by atoms with Crippen LogP contribution in [0.1, 0.15) is 31.1 Å². The highest BCUT2D eigenvalue weighted by Crippen LogP contribution is 2.22. The molecule has 1 heterocycles. The maximum atomic E-state index is 13.3. The van der Waals surface area contributed by atoms with Crippen LogP contribution in [0.2, 0.25) is 5.02 Å². The number of amides is 2. The van der Waals surface area contributed by atoms with E-state index in [1.807, 2.05) is 0 Å². The average molecular weight is 361 g/mol. The molecule has 132 valence electrons. The maximum absolute atomic E-state index is 13.3. The minimum Gasteiger partial charge on any atom is -0.444 e. The van der Waals surface area contributed by atoms with Crippen molar-refractivity contribution in [3.05, 3.63) is 34.4 Å². The number of carbonyl (C=O) groups is 2. The van der Waals surface area contributed by atoms with E-state index in [0.29, 0.717) is 13.1 Å². The van der Waals surface area contributed by atoms with E-state index in [4.69, 9.17) is 16.3 Å². The number of hydrogen-bond acceptors (Lipinski definition) is 3. The molecule has 1 fully saturated rings. The van der Waals surface area contributed by atoms with Gasteiger partial charge in [-0.3, -0.25) is 4.79 Å². The van der Waals surface area contributed by atoms with E-state index in [0.717, 1.165) is 12.1 Å². The zero-order valence-electron chi connectivity index (χ0n) is 13.7. The molecule has 0 spiro atoms. The molecule has 0 saturated carbocycles. The fourth-order valence-corrected chi connectivity index (χ4v) is 2.51. The van der Waals surface area contributed by atoms with Crippen LogP contribution in [0.4, 0.5) is 13.6 Å². The molecule has 1 aliphatic rings. The Morgan fingerprint density at radius 1 is 1.04 bits per heavy atom. The molecule has 0 radical (unpaired) electrons. The highest BCUT2D eigenvalue weighted by molar-refractivity contribution is 6.33. The Morgan fingerprint density at radius 3 is 2.08 bits per heavy atom. The average Bonchev–Trinajstić information content (AvgIpc) is 2.49. The van der Waals surface area contributed by atoms with Crippen LogP contribution >= 0.6 is 11.6 Å². The van der Waals surface area contributed by atoms with Crippen molar-refractivity contribution in [2.75, 3.05) is 26.2 Å². The summed E-state index contributed by atoms with van der Waals surface area (Å²) < 4.78 is 31.7. The predicted octanol–water partition coefficient (Wildman–Crippen LogP) is 3.31. The molecule has 24 heavy (non-hydrogen) atoms. The fraction of sp³-hybridized carbons (Fsp3) is 0.500. The fourth-order valence-electron chi connectivity index (χ4n) is 2.28. The van der Waals surface area contributed by atoms with E-state index in [1.54, 1.807) is 20.8 Å². The van der Waals surface area contributed by atoms with Gasteiger partial charge >= 0.3 is 6.09 Å². The third-order valence-electron chi connectivity index (χ3n) is 3.46. The lowest BCUT2D eigenvalue weighted by Gasteiger charge is -2.35. The number of carbonyl (C=O) groups excluding carboxylic acids is 2. The second kappa shape index (κ2) is 6.93. The van der Waals surface area contributed by atoms with Crippen LogP contribution in [0.3, 0.4) is 0 Å². The Bertz CT molecular complexity index is 653. The van der Waals surface area contributed by atoms with Gasteiger partial charge in [0.1, 0.15) is 5.60 Å². The summed E-state index contributed by atoms with van der Waals surface area (Å²) in [7, 11) is 0. The largest absolute Gasteiger partial charge is 0.444 e. The van der Waals surface area contributed by atoms with Crippen LogP contribution < -0.4 is 0 Å². The third kappa shape index (κ3) is 4.35. The molecular weight excluding hydrogens is 342 g/mol. The van der Waals surface area contributed by atoms with Gasteiger partial charge in [-0.2, -0.15) is 0 Å². The highest BCUT2D eigenvalue weighted by Gasteiger charge is 2.29. The summed E-state index contributed by atoms with van der Waals surface area (Å²) in [4.78, 5) is 27.3. The van der Waals surface area contributed by atoms with E-state index in [9.17, 15) is 18.4 Å². The first kappa shape index (κ1) is 18.4. The molecule has 0 N–H and O–H groups in total. The second-order valence-corrected chi connectivity index (χ2v) is 6.91. The molecule has 1 aliphatic heterocycles. The Labute approximate surface area is 144 Å². The van der Waals surface area contributed by atoms with Crippen molar-refractivity contribution in [2.24, 2.45) is 0 Å². The first-order valence-corrected chi connectivity index (χ1v) is 7.88. The van der Waals surface area contributed by atoms with Gasteiger partial charge in [0, 0.05) is 26.2 Å². The summed E-state index contributed by atoms with van der Waals surface area (Å²) in [6.45, 7) is 6.42. The molecule has 0 unspecified atom stereocenters. The molecule has 8 heteroatoms. The number of nitrogens with zero attached hydrogens (tertiary/aromatic N) is 2. The van der Waals surface area contributed by atoms with Gasteiger partial charge in [0.15, 0.2) is 11.6 Å². The quantitative estimate of drug-likeness (QED) is 0.722. The third-order valence-corrected chi connectivity index (χ3v) is 3.77. The first-order chi connectivity index (χ1) is 11.1. The van der Waals surface area contributed by atoms with E-state index in [2.05, 4.69) is 0 Å². The predicted molar refractivity (Wildman–Crippen MR) is 85.1 cm³/mol. The van der Waals surface area contributed by atoms with Gasteiger partial charge in [0.2, 0.25) is 0 Å². The highest BCUT2D eigenvalue weighted by atomic mass is 35.5. The summed E-state index contributed by atoms with van der Waals surface area (Å²) in [6.07, 6.45) is -0.444. The second-order valence-electron chi connectivity index (χ2n) is 6.51. The van der Waals surface area contributed by atoms with Crippen molar-refractivity contribution < 1.29 is 23.1 Å². The van der Waals surface area contributed by atoms with Crippen molar-refractivity contribution in [3.63, 3.8) is 0 Å². The number of ether oxygens (including phenoxy) is 1. The lowest BCUT2D eigenvalue weighted by atomic mass is 10.1. The lowest BCUT2D eigenvalue weighted by molar-refractivity contribution is 0.0141. The normalized spacial score (nSPS) is 15.4. The number of rotatable bonds is 1. The van der Waals surface area contributed by atoms with E-state index < -0.39 is 29.2 Å². The molecule has 0 aromatic heterocycles. The topological polar surface area (TPSA) is 49.9 Å². The lowest BCUT2D eigenvalue weighted by Crippen LogP contribution is -2.51. The van der Waals surface area contributed by atoms with Gasteiger partial charge in [-0.15, -0.1) is 0 Å². The van der Waals surface area contributed by atoms with Gasteiger partial charge < -0.3 is 14.5 Å². The summed E-state index contributed by atoms with van der Waals surface area (Å²) in [5.74, 6) is -2.73. The number of hydrogen-bond donors (Lipinski definition) is 0. The number of halogens is 3. The van der Waals surface area contributed by atoms with E-state index >= 15 is 0 Å². The Morgan fingerprint density at radius 2 is 1.54 bits per heavy atom. The van der Waals surface area contributed by atoms with Crippen molar-refractivity contribution >= 4 is 23.6 Å². The van der Waals surface area contributed by atoms with Gasteiger partial charge in [0.05, 0.1) is 10.6 Å². The van der Waals surface area contributed by atoms with Gasteiger partial charge in [0.25, 0.3) is 5.91 Å². The number of piperazine rings is 1. The molecule has 1 saturated heterocycles. The molecule has 2 amide bonds. The summed E-state index contributed by atoms with van der Waals surface area (Å²) in [6, 6.07) is 1.57. The minimum atomic E-state index is -1.13. The monoisotopic (exact) mass is 360 g/mol. The molecule has 2 rings (SSSR count). The van der Waals surface area contributed by atoms with E-state index in [-0.39, 0.29) is 23.7 Å². The first-order valence-electron chi connectivity index (χ1n) is 7.50. The van der Waals surface area contributed by atoms with Crippen molar-refractivity contribution in [3.8, 4) is 0 Å². The molecule has 0 atom stereocenters. The van der Waals surface area contributed by atoms with Gasteiger partial charge in [-0.1, -0.05) is 11.6 Å². The van der Waals surface area contributed by atoms with Crippen LogP contribution in [-0.2, 0) is 4.74 Å². The molecule has 0 bridgehead atoms. The van der Waals surface area contributed by atoms with E-state index in [1.165, 1.54) is 9.80 Å². The van der Waals surface area contributed by atoms with Crippen molar-refractivity contribution in [1.82, 2.24) is 9.80 Å². The van der Waals surface area contributed by atoms with Crippen molar-refractivity contribution in [2.45, 2.75) is 26.4 Å². The summed E-state index contributed by atoms with van der Waals surface area (Å²) in [5, 5.41) is -0.145. The standard InChI is InChI=1S/C16H19ClF2N2O3/c1-16(2,3)24-15(23)21-6-4-20(5-7-21)14(22)10-8-12(18)13(19)9-11(10)17/h8-9H,4-7H2,1-3H3. The molecule has 5 nitrogen and oxygen atoms in total. The summed E-state index contributed by atoms with van der Waals surface area (Å²) in [5.41, 5.74) is -0.690. The van der Waals surface area contributed by atoms with Crippen molar-refractivity contribution in [1.29, 1.82) is 0 Å². The molecular formula is C16H19ClF2N2O3. The van der Waals surface area contributed by atoms with Crippen LogP contribution in [0.25, 0.3) is 0 Å². The minimum absolute atomic E-state index is 0.0960. The zero-order valence-corrected chi connectivity index (χ0v) is 14.5. The molecule has 1 aromatic carbocycles. The van der Waals surface area contributed by atoms with Crippen LogP contribution in [0.5, 0.6) is 0 Å². The SMILES string of the molecule is CC(C)(C)OC(=O)N1CCN(C(=O)c2cc(F)c(F)cc2Cl)CC1. The Kier molecular flexibility index (Phi) is 5.32. The molecule has 0 aliphatic carbocycles. The molecule has 1 aromatic rings. The van der Waals surface area contributed by atoms with Crippen LogP contribution in [0.15, 0.2) is 12.1 Å².